The first kappa shape index (κ1) is 21.1. The summed E-state index contributed by atoms with van der Waals surface area (Å²) < 4.78 is 38.8. The Bertz CT molecular complexity index is 966. The Morgan fingerprint density at radius 3 is 2.42 bits per heavy atom. The lowest BCUT2D eigenvalue weighted by molar-refractivity contribution is -0.137. The van der Waals surface area contributed by atoms with Crippen molar-refractivity contribution in [3.63, 3.8) is 0 Å². The summed E-state index contributed by atoms with van der Waals surface area (Å²) in [6.07, 6.45) is 1.22. The van der Waals surface area contributed by atoms with Crippen molar-refractivity contribution in [2.75, 3.05) is 5.32 Å². The minimum Gasteiger partial charge on any atom is -0.348 e. The zero-order valence-electron chi connectivity index (χ0n) is 16.8. The van der Waals surface area contributed by atoms with Gasteiger partial charge in [-0.25, -0.2) is 9.78 Å². The molecule has 0 aliphatic carbocycles. The fraction of sp³-hybridized carbons (Fsp3) is 0.429. The highest BCUT2D eigenvalue weighted by molar-refractivity contribution is 5.92. The molecule has 4 rings (SSSR count). The van der Waals surface area contributed by atoms with Gasteiger partial charge in [0.1, 0.15) is 5.69 Å². The highest BCUT2D eigenvalue weighted by Gasteiger charge is 2.44. The van der Waals surface area contributed by atoms with Crippen LogP contribution in [0.3, 0.4) is 0 Å². The summed E-state index contributed by atoms with van der Waals surface area (Å²) in [5, 5.41) is 5.56. The van der Waals surface area contributed by atoms with Crippen LogP contribution in [0.5, 0.6) is 0 Å². The molecule has 2 fully saturated rings. The van der Waals surface area contributed by atoms with Crippen LogP contribution in [0.15, 0.2) is 36.7 Å². The Morgan fingerprint density at radius 2 is 1.81 bits per heavy atom. The lowest BCUT2D eigenvalue weighted by Gasteiger charge is -2.39. The van der Waals surface area contributed by atoms with Gasteiger partial charge in [-0.3, -0.25) is 9.78 Å². The van der Waals surface area contributed by atoms with Gasteiger partial charge >= 0.3 is 12.2 Å². The summed E-state index contributed by atoms with van der Waals surface area (Å²) in [5.74, 6) is -0.307. The Labute approximate surface area is 177 Å². The summed E-state index contributed by atoms with van der Waals surface area (Å²) in [4.78, 5) is 35.1. The molecule has 7 nitrogen and oxygen atoms in total. The quantitative estimate of drug-likeness (QED) is 0.772. The molecule has 2 unspecified atom stereocenters. The van der Waals surface area contributed by atoms with Crippen molar-refractivity contribution in [3.8, 4) is 0 Å². The second kappa shape index (κ2) is 8.16. The number of urea groups is 1. The number of rotatable bonds is 3. The maximum absolute atomic E-state index is 12.9. The molecule has 2 aliphatic rings. The molecule has 2 atom stereocenters. The molecule has 0 radical (unpaired) electrons. The normalized spacial score (nSPS) is 22.8. The number of nitrogens with one attached hydrogen (secondary N) is 2. The lowest BCUT2D eigenvalue weighted by atomic mass is 9.97. The molecular formula is C21H22F3N5O2. The number of piperidine rings is 1. The van der Waals surface area contributed by atoms with E-state index in [1.54, 1.807) is 11.8 Å². The second-order valence-electron chi connectivity index (χ2n) is 7.99. The van der Waals surface area contributed by atoms with Crippen molar-refractivity contribution in [2.24, 2.45) is 0 Å². The van der Waals surface area contributed by atoms with E-state index in [1.807, 2.05) is 0 Å². The molecular weight excluding hydrogens is 411 g/mol. The SMILES string of the molecule is Cc1cnc(C(=O)NC2CC3CCC(C2)N3C(=O)Nc2cccc(C(F)(F)F)c2)cn1. The number of anilines is 1. The number of carbonyl (C=O) groups is 2. The zero-order valence-corrected chi connectivity index (χ0v) is 16.8. The topological polar surface area (TPSA) is 87.2 Å². The van der Waals surface area contributed by atoms with E-state index in [0.717, 1.165) is 30.7 Å². The summed E-state index contributed by atoms with van der Waals surface area (Å²) in [5.41, 5.74) is 0.249. The molecule has 164 valence electrons. The first-order valence-electron chi connectivity index (χ1n) is 10.1. The molecule has 10 heteroatoms. The number of halogens is 3. The van der Waals surface area contributed by atoms with Crippen LogP contribution >= 0.6 is 0 Å². The minimum atomic E-state index is -4.47. The number of alkyl halides is 3. The van der Waals surface area contributed by atoms with Gasteiger partial charge in [0.05, 0.1) is 17.5 Å². The van der Waals surface area contributed by atoms with Crippen LogP contribution in [0.25, 0.3) is 0 Å². The predicted octanol–water partition coefficient (Wildman–Crippen LogP) is 3.76. The number of nitrogens with zero attached hydrogens (tertiary/aromatic N) is 3. The molecule has 2 aromatic rings. The van der Waals surface area contributed by atoms with Gasteiger partial charge in [0.25, 0.3) is 5.91 Å². The highest BCUT2D eigenvalue weighted by atomic mass is 19.4. The fourth-order valence-electron chi connectivity index (χ4n) is 4.36. The maximum atomic E-state index is 12.9. The van der Waals surface area contributed by atoms with Crippen LogP contribution in [0.1, 0.15) is 47.4 Å². The number of aromatic nitrogens is 2. The number of benzene rings is 1. The van der Waals surface area contributed by atoms with Gasteiger partial charge in [-0.1, -0.05) is 6.07 Å². The van der Waals surface area contributed by atoms with Gasteiger partial charge in [-0.15, -0.1) is 0 Å². The first-order valence-corrected chi connectivity index (χ1v) is 10.1. The predicted molar refractivity (Wildman–Crippen MR) is 106 cm³/mol. The summed E-state index contributed by atoms with van der Waals surface area (Å²) in [7, 11) is 0. The van der Waals surface area contributed by atoms with Gasteiger partial charge in [-0.2, -0.15) is 13.2 Å². The number of aryl methyl sites for hydroxylation is 1. The van der Waals surface area contributed by atoms with E-state index in [9.17, 15) is 22.8 Å². The molecule has 31 heavy (non-hydrogen) atoms. The Hall–Kier alpha value is -3.17. The maximum Gasteiger partial charge on any atom is 0.416 e. The van der Waals surface area contributed by atoms with Crippen molar-refractivity contribution in [3.05, 3.63) is 53.6 Å². The average Bonchev–Trinajstić information content (AvgIpc) is 2.99. The van der Waals surface area contributed by atoms with Crippen LogP contribution in [0.4, 0.5) is 23.7 Å². The third-order valence-corrected chi connectivity index (χ3v) is 5.76. The number of fused-ring (bicyclic) bond motifs is 2. The molecule has 3 amide bonds. The number of hydrogen-bond donors (Lipinski definition) is 2. The van der Waals surface area contributed by atoms with E-state index in [0.29, 0.717) is 12.8 Å². The van der Waals surface area contributed by atoms with Crippen molar-refractivity contribution >= 4 is 17.6 Å². The third kappa shape index (κ3) is 4.62. The van der Waals surface area contributed by atoms with Gasteiger partial charge in [0.2, 0.25) is 0 Å². The first-order chi connectivity index (χ1) is 14.7. The van der Waals surface area contributed by atoms with Crippen LogP contribution in [0, 0.1) is 6.92 Å². The van der Waals surface area contributed by atoms with Gasteiger partial charge in [-0.05, 0) is 50.8 Å². The van der Waals surface area contributed by atoms with Crippen LogP contribution in [0.2, 0.25) is 0 Å². The zero-order chi connectivity index (χ0) is 22.2. The largest absolute Gasteiger partial charge is 0.416 e. The standard InChI is InChI=1S/C21H22F3N5O2/c1-12-10-26-18(11-25-12)19(30)27-15-8-16-5-6-17(9-15)29(16)20(31)28-14-4-2-3-13(7-14)21(22,23)24/h2-4,7,10-11,15-17H,5-6,8-9H2,1H3,(H,27,30)(H,28,31). The molecule has 1 aromatic carbocycles. The van der Waals surface area contributed by atoms with E-state index >= 15 is 0 Å². The fourth-order valence-corrected chi connectivity index (χ4v) is 4.36. The Balaban J connectivity index is 1.38. The average molecular weight is 433 g/mol. The molecule has 2 N–H and O–H groups in total. The van der Waals surface area contributed by atoms with Crippen molar-refractivity contribution < 1.29 is 22.8 Å². The Kier molecular flexibility index (Phi) is 5.55. The molecule has 2 bridgehead atoms. The van der Waals surface area contributed by atoms with Crippen LogP contribution in [-0.4, -0.2) is 44.9 Å². The molecule has 2 saturated heterocycles. The highest BCUT2D eigenvalue weighted by Crippen LogP contribution is 2.37. The lowest BCUT2D eigenvalue weighted by Crippen LogP contribution is -2.53. The molecule has 1 aromatic heterocycles. The second-order valence-corrected chi connectivity index (χ2v) is 7.99. The summed E-state index contributed by atoms with van der Waals surface area (Å²) in [6.45, 7) is 1.78. The summed E-state index contributed by atoms with van der Waals surface area (Å²) in [6, 6.07) is 3.90. The van der Waals surface area contributed by atoms with Gasteiger partial charge in [0, 0.05) is 30.0 Å². The monoisotopic (exact) mass is 433 g/mol. The smallest absolute Gasteiger partial charge is 0.348 e. The third-order valence-electron chi connectivity index (χ3n) is 5.76. The van der Waals surface area contributed by atoms with E-state index in [4.69, 9.17) is 0 Å². The number of amides is 3. The van der Waals surface area contributed by atoms with Crippen molar-refractivity contribution in [1.82, 2.24) is 20.2 Å². The van der Waals surface area contributed by atoms with Gasteiger partial charge in [0.15, 0.2) is 0 Å². The van der Waals surface area contributed by atoms with Gasteiger partial charge < -0.3 is 15.5 Å². The summed E-state index contributed by atoms with van der Waals surface area (Å²) >= 11 is 0. The van der Waals surface area contributed by atoms with Crippen molar-refractivity contribution in [1.29, 1.82) is 0 Å². The Morgan fingerprint density at radius 1 is 1.10 bits per heavy atom. The number of hydrogen-bond acceptors (Lipinski definition) is 4. The molecule has 0 saturated carbocycles. The van der Waals surface area contributed by atoms with E-state index in [1.165, 1.54) is 24.5 Å². The van der Waals surface area contributed by atoms with E-state index in [2.05, 4.69) is 20.6 Å². The van der Waals surface area contributed by atoms with Crippen LogP contribution in [-0.2, 0) is 6.18 Å². The molecule has 3 heterocycles. The van der Waals surface area contributed by atoms with Crippen LogP contribution < -0.4 is 10.6 Å². The number of carbonyl (C=O) groups excluding carboxylic acids is 2. The van der Waals surface area contributed by atoms with E-state index < -0.39 is 17.8 Å². The minimum absolute atomic E-state index is 0.0843. The molecule has 2 aliphatic heterocycles. The van der Waals surface area contributed by atoms with E-state index in [-0.39, 0.29) is 35.4 Å². The molecule has 0 spiro atoms. The van der Waals surface area contributed by atoms with Crippen molar-refractivity contribution in [2.45, 2.75) is 56.9 Å².